The van der Waals surface area contributed by atoms with E-state index in [-0.39, 0.29) is 52.4 Å². The summed E-state index contributed by atoms with van der Waals surface area (Å²) in [6.07, 6.45) is 12.5. The Hall–Kier alpha value is -5.81. The molecule has 8 rings (SSSR count). The van der Waals surface area contributed by atoms with Crippen LogP contribution in [0, 0.1) is 20.8 Å². The first-order chi connectivity index (χ1) is 40.0. The SMILES string of the molecule is CC[C@H](Nc1nc(N)ncc1C)c1nc2cccc(CCCCCC(=O)NO)c2c(=O)n1-c1ccccc1.CC[C@H](Nc1nc(N)ncc1C)c1nc2cccc(CCCCCC(=O)OC)c2c(=O)n1-c1ccccc1.[CH2-]CC.[I][V]([I])[I]. The van der Waals surface area contributed by atoms with Crippen LogP contribution in [-0.4, -0.2) is 63.2 Å². The molecule has 4 heterocycles. The van der Waals surface area contributed by atoms with Crippen LogP contribution >= 0.6 is 59.9 Å². The van der Waals surface area contributed by atoms with Crippen LogP contribution in [0.5, 0.6) is 0 Å². The summed E-state index contributed by atoms with van der Waals surface area (Å²) in [6.45, 7) is 13.4. The predicted octanol–water partition coefficient (Wildman–Crippen LogP) is 13.0. The number of benzene rings is 4. The van der Waals surface area contributed by atoms with Gasteiger partial charge in [-0.1, -0.05) is 94.3 Å². The fraction of sp³-hybridized carbons (Fsp3) is 0.350. The van der Waals surface area contributed by atoms with Crippen LogP contribution in [0.2, 0.25) is 0 Å². The molecule has 0 aliphatic heterocycles. The number of amides is 1. The van der Waals surface area contributed by atoms with Crippen LogP contribution in [-0.2, 0) is 32.1 Å². The van der Waals surface area contributed by atoms with E-state index >= 15 is 0 Å². The number of rotatable bonds is 22. The van der Waals surface area contributed by atoms with Gasteiger partial charge in [-0.25, -0.2) is 25.4 Å². The first-order valence-electron chi connectivity index (χ1n) is 27.5. The van der Waals surface area contributed by atoms with Crippen molar-refractivity contribution in [3.8, 4) is 11.4 Å². The zero-order valence-corrected chi connectivity index (χ0v) is 55.6. The molecule has 2 atom stereocenters. The molecule has 0 bridgehead atoms. The summed E-state index contributed by atoms with van der Waals surface area (Å²) in [5.41, 5.74) is 19.4. The Morgan fingerprint density at radius 3 is 1.40 bits per heavy atom. The van der Waals surface area contributed by atoms with Crippen LogP contribution < -0.4 is 38.7 Å². The molecule has 8 N–H and O–H groups in total. The van der Waals surface area contributed by atoms with E-state index in [1.807, 2.05) is 132 Å². The number of esters is 1. The van der Waals surface area contributed by atoms with Gasteiger partial charge in [0.05, 0.1) is 52.4 Å². The van der Waals surface area contributed by atoms with E-state index in [0.29, 0.717) is 77.2 Å². The number of carbonyl (C=O) groups is 2. The van der Waals surface area contributed by atoms with Gasteiger partial charge in [0.1, 0.15) is 23.3 Å². The maximum absolute atomic E-state index is 14.2. The number of anilines is 4. The number of nitrogens with two attached hydrogens (primary N) is 2. The first kappa shape index (κ1) is 68.0. The number of ether oxygens (including phenoxy) is 1. The van der Waals surface area contributed by atoms with Crippen molar-refractivity contribution in [1.29, 1.82) is 0 Å². The van der Waals surface area contributed by atoms with E-state index in [4.69, 9.17) is 31.4 Å². The number of unbranched alkanes of at least 4 members (excludes halogenated alkanes) is 4. The average molecular weight is 1500 g/mol. The Kier molecular flexibility index (Phi) is 29.1. The zero-order chi connectivity index (χ0) is 60.4. The standard InChI is InChI=1S/C29H34N6O3.C28H33N7O3.C3H7.3HI.V/c1-4-22(32-26-19(2)18-31-29(30)34-26)27-33-23-16-11-13-20(12-7-5-10-17-24(36)38-3)25(23)28(37)35(27)21-14-8-6-9-15-21;1-3-21(31-25-18(2)17-30-28(29)33-25)26-32-22-15-10-12-19(11-6-4-9-16-23(36)34-38)24(22)27(37)35(26)20-13-7-5-8-14-20;1-3-2;;;;/h6,8-9,11,13-16,18,22H,4-5,7,10,12,17H2,1-3H3,(H3,30,31,32,34);5,7-8,10,12-15,17,21,38H,3-4,6,9,11,16H2,1-2H3,(H,34,36)(H3,29,30,31,33);1,3H2,2H3;3*1H;/q;;-1;;;;+3/p-3/t22-;21-;;;;;/m00...../s1. The van der Waals surface area contributed by atoms with Crippen molar-refractivity contribution >= 4 is 117 Å². The summed E-state index contributed by atoms with van der Waals surface area (Å²) in [4.78, 5) is 77.6. The van der Waals surface area contributed by atoms with Gasteiger partial charge in [0.2, 0.25) is 17.8 Å². The van der Waals surface area contributed by atoms with Gasteiger partial charge in [-0.15, -0.1) is 0 Å². The van der Waals surface area contributed by atoms with Gasteiger partial charge in [-0.2, -0.15) is 16.4 Å². The molecular formula is C60H74I3N13O6V-. The van der Waals surface area contributed by atoms with E-state index < -0.39 is 5.91 Å². The van der Waals surface area contributed by atoms with Crippen molar-refractivity contribution < 1.29 is 24.5 Å². The van der Waals surface area contributed by atoms with Gasteiger partial charge in [-0.3, -0.25) is 33.5 Å². The topological polar surface area (TPSA) is 273 Å². The molecule has 83 heavy (non-hydrogen) atoms. The van der Waals surface area contributed by atoms with Crippen molar-refractivity contribution in [1.82, 2.24) is 44.5 Å². The number of halogens is 3. The Balaban J connectivity index is 0.000000273. The molecule has 8 aromatic rings. The number of hydrogen-bond donors (Lipinski definition) is 6. The minimum atomic E-state index is -0.392. The quantitative estimate of drug-likeness (QED) is 0.00919. The molecule has 4 aromatic carbocycles. The summed E-state index contributed by atoms with van der Waals surface area (Å²) in [7, 11) is 1.40. The molecule has 19 nitrogen and oxygen atoms in total. The van der Waals surface area contributed by atoms with Crippen LogP contribution in [0.3, 0.4) is 0 Å². The number of fused-ring (bicyclic) bond motifs is 2. The normalized spacial score (nSPS) is 11.5. The molecule has 0 spiro atoms. The number of nitrogens with one attached hydrogen (secondary N) is 3. The minimum absolute atomic E-state index is 0.111. The van der Waals surface area contributed by atoms with E-state index in [9.17, 15) is 19.2 Å². The van der Waals surface area contributed by atoms with Gasteiger partial charge >= 0.3 is 70.8 Å². The van der Waals surface area contributed by atoms with Crippen LogP contribution in [0.15, 0.2) is 119 Å². The molecule has 442 valence electrons. The number of nitrogen functional groups attached to an aromatic ring is 2. The van der Waals surface area contributed by atoms with Crippen LogP contribution in [0.4, 0.5) is 23.5 Å². The van der Waals surface area contributed by atoms with E-state index in [1.165, 1.54) is 7.11 Å². The summed E-state index contributed by atoms with van der Waals surface area (Å²) >= 11 is 7.39. The Bertz CT molecular complexity index is 3260. The van der Waals surface area contributed by atoms with Crippen molar-refractivity contribution in [2.45, 2.75) is 130 Å². The molecule has 0 aliphatic rings. The Morgan fingerprint density at radius 2 is 1.02 bits per heavy atom. The molecule has 0 fully saturated rings. The molecule has 1 amide bonds. The van der Waals surface area contributed by atoms with Crippen molar-refractivity contribution in [3.05, 3.63) is 171 Å². The molecule has 0 saturated carbocycles. The number of methoxy groups -OCH3 is 1. The molecule has 0 radical (unpaired) electrons. The molecule has 0 saturated heterocycles. The molecule has 4 aromatic heterocycles. The van der Waals surface area contributed by atoms with Crippen molar-refractivity contribution in [2.24, 2.45) is 0 Å². The van der Waals surface area contributed by atoms with Gasteiger partial charge in [0, 0.05) is 36.4 Å². The number of para-hydroxylation sites is 2. The second kappa shape index (κ2) is 35.5. The number of nitrogens with zero attached hydrogens (tertiary/aromatic N) is 8. The predicted molar refractivity (Wildman–Crippen MR) is 354 cm³/mol. The van der Waals surface area contributed by atoms with Gasteiger partial charge in [0.25, 0.3) is 11.1 Å². The van der Waals surface area contributed by atoms with Crippen molar-refractivity contribution in [3.63, 3.8) is 0 Å². The average Bonchev–Trinajstić information content (AvgIpc) is 1.95. The van der Waals surface area contributed by atoms with Crippen LogP contribution in [0.1, 0.15) is 137 Å². The summed E-state index contributed by atoms with van der Waals surface area (Å²) in [6, 6.07) is 30.0. The number of hydrogen-bond acceptors (Lipinski definition) is 16. The fourth-order valence-corrected chi connectivity index (χ4v) is 9.10. The van der Waals surface area contributed by atoms with Crippen LogP contribution in [0.25, 0.3) is 33.2 Å². The van der Waals surface area contributed by atoms with E-state index in [1.54, 1.807) is 27.0 Å². The number of aryl methyl sites for hydroxylation is 4. The fourth-order valence-electron chi connectivity index (χ4n) is 9.10. The van der Waals surface area contributed by atoms with Gasteiger partial charge in [0.15, 0.2) is 0 Å². The third-order valence-electron chi connectivity index (χ3n) is 13.1. The number of carbonyl (C=O) groups excluding carboxylic acids is 2. The second-order valence-corrected chi connectivity index (χ2v) is 54.5. The monoisotopic (exact) mass is 1500 g/mol. The van der Waals surface area contributed by atoms with Crippen molar-refractivity contribution in [2.75, 3.05) is 29.2 Å². The molecule has 23 heteroatoms. The first-order valence-corrected chi connectivity index (χ1v) is 41.0. The Morgan fingerprint density at radius 1 is 0.627 bits per heavy atom. The van der Waals surface area contributed by atoms with Gasteiger partial charge in [-0.05, 0) is 113 Å². The summed E-state index contributed by atoms with van der Waals surface area (Å²) in [5, 5.41) is 16.7. The third-order valence-corrected chi connectivity index (χ3v) is 13.1. The van der Waals surface area contributed by atoms with E-state index in [0.717, 1.165) is 78.6 Å². The second-order valence-electron chi connectivity index (χ2n) is 19.2. The summed E-state index contributed by atoms with van der Waals surface area (Å²) in [5.74, 6) is 2.15. The Labute approximate surface area is 523 Å². The number of aromatic nitrogens is 8. The third kappa shape index (κ3) is 20.2. The molecule has 0 unspecified atom stereocenters. The zero-order valence-electron chi connectivity index (χ0n) is 47.7. The maximum atomic E-state index is 14.2. The number of hydroxylamine groups is 1. The van der Waals surface area contributed by atoms with Gasteiger partial charge < -0.3 is 33.8 Å². The molecule has 0 aliphatic carbocycles. The van der Waals surface area contributed by atoms with E-state index in [2.05, 4.69) is 97.4 Å². The summed E-state index contributed by atoms with van der Waals surface area (Å²) < 4.78 is 8.10. The molecular weight excluding hydrogens is 1430 g/mol.